The quantitative estimate of drug-likeness (QED) is 0.394. The summed E-state index contributed by atoms with van der Waals surface area (Å²) in [7, 11) is 3.93. The predicted molar refractivity (Wildman–Crippen MR) is 122 cm³/mol. The van der Waals surface area contributed by atoms with Crippen LogP contribution in [0.2, 0.25) is 0 Å². The van der Waals surface area contributed by atoms with E-state index >= 15 is 0 Å². The summed E-state index contributed by atoms with van der Waals surface area (Å²) < 4.78 is 18.8. The summed E-state index contributed by atoms with van der Waals surface area (Å²) in [5.74, 6) is 5.31. The van der Waals surface area contributed by atoms with Crippen molar-refractivity contribution >= 4 is 17.7 Å². The fraction of sp³-hybridized carbons (Fsp3) is 0.720. The average Bonchev–Trinajstić information content (AvgIpc) is 3.24. The maximum atomic E-state index is 12.2. The Morgan fingerprint density at radius 2 is 1.94 bits per heavy atom. The SMILES string of the molecule is CC(=O)O[C@H]1[C@H](OC(C)=O)C2=CC3=CC[C@]4(C)/C(=N/N)CC[C@H]4[C@@]34CC[C@]2(C[C@@H]1N(C)C)O4. The summed E-state index contributed by atoms with van der Waals surface area (Å²) in [4.78, 5) is 26.2. The molecule has 0 aromatic heterocycles. The van der Waals surface area contributed by atoms with Gasteiger partial charge in [0, 0.05) is 36.5 Å². The van der Waals surface area contributed by atoms with E-state index in [9.17, 15) is 9.59 Å². The highest BCUT2D eigenvalue weighted by molar-refractivity contribution is 5.93. The molecule has 8 nitrogen and oxygen atoms in total. The molecule has 5 rings (SSSR count). The molecule has 2 spiro atoms. The number of ether oxygens (including phenoxy) is 3. The highest BCUT2D eigenvalue weighted by atomic mass is 16.6. The number of nitrogens with two attached hydrogens (primary N) is 1. The van der Waals surface area contributed by atoms with Crippen LogP contribution in [0.3, 0.4) is 0 Å². The summed E-state index contributed by atoms with van der Waals surface area (Å²) in [6.45, 7) is 5.07. The number of likely N-dealkylation sites (N-methyl/N-ethyl adjacent to an activating group) is 1. The molecule has 0 aromatic rings. The molecule has 5 aliphatic rings. The van der Waals surface area contributed by atoms with Crippen LogP contribution in [0.4, 0.5) is 0 Å². The molecular weight excluding hydrogens is 422 g/mol. The van der Waals surface area contributed by atoms with Crippen molar-refractivity contribution in [2.45, 2.75) is 88.7 Å². The van der Waals surface area contributed by atoms with Gasteiger partial charge in [0.2, 0.25) is 0 Å². The number of hydrogen-bond donors (Lipinski definition) is 1. The fourth-order valence-electron chi connectivity index (χ4n) is 7.53. The molecular formula is C25H35N3O5. The number of rotatable bonds is 3. The lowest BCUT2D eigenvalue weighted by atomic mass is 9.60. The zero-order valence-corrected chi connectivity index (χ0v) is 20.2. The maximum Gasteiger partial charge on any atom is 0.303 e. The van der Waals surface area contributed by atoms with Gasteiger partial charge in [0.1, 0.15) is 0 Å². The van der Waals surface area contributed by atoms with Crippen molar-refractivity contribution in [1.82, 2.24) is 4.90 Å². The van der Waals surface area contributed by atoms with Crippen molar-refractivity contribution < 1.29 is 23.8 Å². The topological polar surface area (TPSA) is 103 Å². The molecule has 3 aliphatic carbocycles. The number of hydrogen-bond acceptors (Lipinski definition) is 8. The standard InChI is InChI=1S/C25H35N3O5/c1-14(29)31-21-17-12-16-8-9-23(3)19(6-7-20(23)27-26)25(16)11-10-24(17,33-25)13-18(28(4)5)22(21)32-15(2)30/h8,12,18-19,21-22H,6-7,9-11,13,26H2,1-5H3/b27-20+/t18-,19+,21+,22+,23-,24+,25+/m0/s1. The lowest BCUT2D eigenvalue weighted by Crippen LogP contribution is -2.63. The number of carbonyl (C=O) groups is 2. The first-order valence-electron chi connectivity index (χ1n) is 12.0. The number of esters is 2. The van der Waals surface area contributed by atoms with Crippen molar-refractivity contribution in [3.8, 4) is 0 Å². The molecule has 33 heavy (non-hydrogen) atoms. The number of nitrogens with zero attached hydrogens (tertiary/aromatic N) is 2. The van der Waals surface area contributed by atoms with E-state index in [2.05, 4.69) is 29.1 Å². The molecule has 0 amide bonds. The largest absolute Gasteiger partial charge is 0.457 e. The van der Waals surface area contributed by atoms with Gasteiger partial charge in [0.15, 0.2) is 12.2 Å². The molecule has 2 N–H and O–H groups in total. The molecule has 0 aromatic carbocycles. The Hall–Kier alpha value is -2.19. The summed E-state index contributed by atoms with van der Waals surface area (Å²) >= 11 is 0. The van der Waals surface area contributed by atoms with Crippen molar-refractivity contribution in [3.63, 3.8) is 0 Å². The highest BCUT2D eigenvalue weighted by Gasteiger charge is 2.68. The van der Waals surface area contributed by atoms with Gasteiger partial charge in [-0.15, -0.1) is 0 Å². The minimum atomic E-state index is -0.678. The Balaban J connectivity index is 1.64. The van der Waals surface area contributed by atoms with Crippen molar-refractivity contribution in [2.24, 2.45) is 22.3 Å². The molecule has 8 heteroatoms. The Labute approximate surface area is 195 Å². The zero-order valence-electron chi connectivity index (χ0n) is 20.2. The van der Waals surface area contributed by atoms with Crippen molar-refractivity contribution in [3.05, 3.63) is 23.3 Å². The molecule has 2 heterocycles. The van der Waals surface area contributed by atoms with Gasteiger partial charge in [-0.25, -0.2) is 0 Å². The van der Waals surface area contributed by atoms with Gasteiger partial charge in [0.05, 0.1) is 17.2 Å². The van der Waals surface area contributed by atoms with E-state index < -0.39 is 23.8 Å². The van der Waals surface area contributed by atoms with Gasteiger partial charge >= 0.3 is 11.9 Å². The summed E-state index contributed by atoms with van der Waals surface area (Å²) in [6, 6.07) is -0.143. The van der Waals surface area contributed by atoms with Crippen LogP contribution in [-0.4, -0.2) is 66.1 Å². The third kappa shape index (κ3) is 3.06. The third-order valence-corrected chi connectivity index (χ3v) is 8.95. The van der Waals surface area contributed by atoms with Gasteiger partial charge in [0.25, 0.3) is 0 Å². The fourth-order valence-corrected chi connectivity index (χ4v) is 7.53. The van der Waals surface area contributed by atoms with Crippen LogP contribution in [0.1, 0.15) is 59.3 Å². The first kappa shape index (κ1) is 22.6. The Morgan fingerprint density at radius 1 is 1.21 bits per heavy atom. The van der Waals surface area contributed by atoms with E-state index in [0.717, 1.165) is 49.0 Å². The minimum absolute atomic E-state index is 0.0969. The number of allylic oxidation sites excluding steroid dienone is 1. The number of hydrazone groups is 1. The van der Waals surface area contributed by atoms with E-state index in [4.69, 9.17) is 20.1 Å². The van der Waals surface area contributed by atoms with Gasteiger partial charge in [-0.2, -0.15) is 5.10 Å². The molecule has 2 saturated carbocycles. The van der Waals surface area contributed by atoms with E-state index in [0.29, 0.717) is 12.3 Å². The Kier molecular flexibility index (Phi) is 5.07. The van der Waals surface area contributed by atoms with Crippen LogP contribution in [0.25, 0.3) is 0 Å². The van der Waals surface area contributed by atoms with Crippen LogP contribution < -0.4 is 5.84 Å². The second-order valence-electron chi connectivity index (χ2n) is 10.9. The summed E-state index contributed by atoms with van der Waals surface area (Å²) in [5.41, 5.74) is 2.14. The third-order valence-electron chi connectivity index (χ3n) is 8.95. The lowest BCUT2D eigenvalue weighted by Gasteiger charge is -2.55. The van der Waals surface area contributed by atoms with E-state index in [1.807, 2.05) is 14.1 Å². The van der Waals surface area contributed by atoms with E-state index in [1.54, 1.807) is 0 Å². The summed E-state index contributed by atoms with van der Waals surface area (Å²) in [5, 5.41) is 4.16. The van der Waals surface area contributed by atoms with Crippen molar-refractivity contribution in [2.75, 3.05) is 14.1 Å². The van der Waals surface area contributed by atoms with Crippen molar-refractivity contribution in [1.29, 1.82) is 0 Å². The van der Waals surface area contributed by atoms with Crippen LogP contribution >= 0.6 is 0 Å². The Bertz CT molecular complexity index is 987. The first-order chi connectivity index (χ1) is 15.6. The molecule has 180 valence electrons. The highest BCUT2D eigenvalue weighted by Crippen LogP contribution is 2.66. The van der Waals surface area contributed by atoms with Crippen LogP contribution in [0, 0.1) is 11.3 Å². The normalized spacial score (nSPS) is 44.5. The van der Waals surface area contributed by atoms with Crippen LogP contribution in [-0.2, 0) is 23.8 Å². The van der Waals surface area contributed by atoms with E-state index in [1.165, 1.54) is 13.8 Å². The minimum Gasteiger partial charge on any atom is -0.457 e. The van der Waals surface area contributed by atoms with Crippen LogP contribution in [0.15, 0.2) is 28.4 Å². The summed E-state index contributed by atoms with van der Waals surface area (Å²) in [6.07, 6.45) is 8.38. The van der Waals surface area contributed by atoms with Crippen LogP contribution in [0.5, 0.6) is 0 Å². The number of fused-ring (bicyclic) bond motifs is 1. The molecule has 0 unspecified atom stereocenters. The average molecular weight is 458 g/mol. The molecule has 1 saturated heterocycles. The number of carbonyl (C=O) groups excluding carboxylic acids is 2. The molecule has 7 atom stereocenters. The zero-order chi connectivity index (χ0) is 23.8. The van der Waals surface area contributed by atoms with Gasteiger partial charge in [-0.05, 0) is 58.2 Å². The van der Waals surface area contributed by atoms with Gasteiger partial charge < -0.3 is 25.0 Å². The second-order valence-corrected chi connectivity index (χ2v) is 10.9. The van der Waals surface area contributed by atoms with E-state index in [-0.39, 0.29) is 23.0 Å². The monoisotopic (exact) mass is 457 g/mol. The first-order valence-corrected chi connectivity index (χ1v) is 12.0. The van der Waals surface area contributed by atoms with Gasteiger partial charge in [-0.1, -0.05) is 19.1 Å². The maximum absolute atomic E-state index is 12.2. The molecule has 3 fully saturated rings. The lowest BCUT2D eigenvalue weighted by molar-refractivity contribution is -0.190. The Morgan fingerprint density at radius 3 is 2.58 bits per heavy atom. The molecule has 2 bridgehead atoms. The predicted octanol–water partition coefficient (Wildman–Crippen LogP) is 2.47. The second kappa shape index (κ2) is 7.40. The molecule has 2 aliphatic heterocycles. The smallest absolute Gasteiger partial charge is 0.303 e. The van der Waals surface area contributed by atoms with Gasteiger partial charge in [-0.3, -0.25) is 9.59 Å². The molecule has 0 radical (unpaired) electrons.